The van der Waals surface area contributed by atoms with Crippen molar-refractivity contribution in [2.45, 2.75) is 13.8 Å². The van der Waals surface area contributed by atoms with Gasteiger partial charge in [-0.25, -0.2) is 4.57 Å². The number of nitrogens with zero attached hydrogens (tertiary/aromatic N) is 1. The molecular formula is C18H18N+. The monoisotopic (exact) mass is 249 g/mol. The van der Waals surface area contributed by atoms with E-state index in [0.717, 1.165) is 11.1 Å². The van der Waals surface area contributed by atoms with Crippen molar-refractivity contribution in [3.63, 3.8) is 0 Å². The zero-order valence-electron chi connectivity index (χ0n) is 12.6. The number of hydrogen-bond acceptors (Lipinski definition) is 0. The largest absolute Gasteiger partial charge is 0.220 e. The van der Waals surface area contributed by atoms with E-state index in [0.29, 0.717) is 6.17 Å². The molecule has 0 N–H and O–H groups in total. The number of rotatable bonds is 1. The fourth-order valence-electron chi connectivity index (χ4n) is 2.57. The number of benzene rings is 2. The lowest BCUT2D eigenvalue weighted by molar-refractivity contribution is -0.659. The van der Waals surface area contributed by atoms with Crippen molar-refractivity contribution >= 4 is 10.8 Å². The van der Waals surface area contributed by atoms with Gasteiger partial charge in [0.2, 0.25) is 5.69 Å². The van der Waals surface area contributed by atoms with Gasteiger partial charge in [-0.2, -0.15) is 0 Å². The molecule has 0 bridgehead atoms. The Kier molecular flexibility index (Phi) is 2.55. The van der Waals surface area contributed by atoms with Crippen molar-refractivity contribution in [3.8, 4) is 11.3 Å². The van der Waals surface area contributed by atoms with Gasteiger partial charge in [0.15, 0.2) is 6.17 Å². The summed E-state index contributed by atoms with van der Waals surface area (Å²) in [6, 6.07) is 16.7. The molecule has 0 spiro atoms. The highest BCUT2D eigenvalue weighted by atomic mass is 14.9. The van der Waals surface area contributed by atoms with Gasteiger partial charge in [0.1, 0.15) is 8.42 Å². The van der Waals surface area contributed by atoms with Gasteiger partial charge in [-0.3, -0.25) is 0 Å². The van der Waals surface area contributed by atoms with E-state index in [1.54, 1.807) is 0 Å². The van der Waals surface area contributed by atoms with Crippen LogP contribution in [0.2, 0.25) is 0 Å². The summed E-state index contributed by atoms with van der Waals surface area (Å²) >= 11 is 0. The number of aromatic nitrogens is 1. The Balaban J connectivity index is 2.46. The molecule has 0 fully saturated rings. The molecule has 0 radical (unpaired) electrons. The lowest BCUT2D eigenvalue weighted by Gasteiger charge is -2.08. The third-order valence-electron chi connectivity index (χ3n) is 3.61. The van der Waals surface area contributed by atoms with Crippen LogP contribution in [-0.2, 0) is 7.05 Å². The second kappa shape index (κ2) is 4.51. The Morgan fingerprint density at radius 1 is 1.00 bits per heavy atom. The molecule has 0 unspecified atom stereocenters. The summed E-state index contributed by atoms with van der Waals surface area (Å²) in [5.74, 6) is 0. The highest BCUT2D eigenvalue weighted by Crippen LogP contribution is 2.28. The summed E-state index contributed by atoms with van der Waals surface area (Å²) in [6.45, 7) is 4.23. The first-order chi connectivity index (χ1) is 9.58. The van der Waals surface area contributed by atoms with E-state index >= 15 is 0 Å². The predicted octanol–water partition coefficient (Wildman–Crippen LogP) is 3.95. The SMILES string of the molecule is [2H]c1cc2ccccc2c(-c2cc(C)ccc2C)[n+]1C. The van der Waals surface area contributed by atoms with Crippen LogP contribution in [0, 0.1) is 13.8 Å². The van der Waals surface area contributed by atoms with Gasteiger partial charge in [0.05, 0.1) is 5.39 Å². The summed E-state index contributed by atoms with van der Waals surface area (Å²) < 4.78 is 10.1. The molecule has 94 valence electrons. The lowest BCUT2D eigenvalue weighted by atomic mass is 9.98. The number of hydrogen-bond donors (Lipinski definition) is 0. The molecule has 3 rings (SSSR count). The van der Waals surface area contributed by atoms with E-state index < -0.39 is 0 Å². The van der Waals surface area contributed by atoms with Crippen LogP contribution in [0.4, 0.5) is 0 Å². The molecule has 0 atom stereocenters. The normalized spacial score (nSPS) is 11.6. The van der Waals surface area contributed by atoms with Crippen LogP contribution in [0.3, 0.4) is 0 Å². The zero-order valence-corrected chi connectivity index (χ0v) is 11.6. The molecule has 0 aliphatic carbocycles. The van der Waals surface area contributed by atoms with E-state index in [4.69, 9.17) is 1.37 Å². The van der Waals surface area contributed by atoms with Crippen LogP contribution < -0.4 is 4.57 Å². The lowest BCUT2D eigenvalue weighted by Crippen LogP contribution is -2.30. The van der Waals surface area contributed by atoms with Gasteiger partial charge < -0.3 is 0 Å². The van der Waals surface area contributed by atoms with E-state index in [2.05, 4.69) is 50.2 Å². The number of fused-ring (bicyclic) bond motifs is 1. The minimum Gasteiger partial charge on any atom is -0.200 e. The van der Waals surface area contributed by atoms with Gasteiger partial charge in [-0.1, -0.05) is 35.9 Å². The van der Waals surface area contributed by atoms with Crippen LogP contribution >= 0.6 is 0 Å². The quantitative estimate of drug-likeness (QED) is 0.575. The number of pyridine rings is 1. The molecule has 2 aromatic carbocycles. The van der Waals surface area contributed by atoms with E-state index in [1.165, 1.54) is 22.1 Å². The summed E-state index contributed by atoms with van der Waals surface area (Å²) in [5.41, 5.74) is 4.80. The van der Waals surface area contributed by atoms with Crippen LogP contribution in [0.1, 0.15) is 12.5 Å². The molecule has 0 saturated carbocycles. The molecule has 19 heavy (non-hydrogen) atoms. The summed E-state index contributed by atoms with van der Waals surface area (Å²) in [6.07, 6.45) is 0.527. The van der Waals surface area contributed by atoms with Crippen LogP contribution in [0.15, 0.2) is 54.7 Å². The van der Waals surface area contributed by atoms with Crippen molar-refractivity contribution < 1.29 is 5.94 Å². The topological polar surface area (TPSA) is 3.88 Å². The van der Waals surface area contributed by atoms with Gasteiger partial charge in [-0.05, 0) is 36.9 Å². The van der Waals surface area contributed by atoms with E-state index in [-0.39, 0.29) is 0 Å². The molecule has 1 heterocycles. The first-order valence-corrected chi connectivity index (χ1v) is 6.54. The van der Waals surface area contributed by atoms with Crippen molar-refractivity contribution in [1.29, 1.82) is 0 Å². The predicted molar refractivity (Wildman–Crippen MR) is 80.0 cm³/mol. The zero-order chi connectivity index (χ0) is 14.3. The third-order valence-corrected chi connectivity index (χ3v) is 3.61. The average Bonchev–Trinajstić information content (AvgIpc) is 2.43. The molecule has 0 aliphatic heterocycles. The van der Waals surface area contributed by atoms with Gasteiger partial charge in [0.25, 0.3) is 0 Å². The van der Waals surface area contributed by atoms with Gasteiger partial charge in [0, 0.05) is 11.6 Å². The molecule has 0 saturated heterocycles. The summed E-state index contributed by atoms with van der Waals surface area (Å²) in [4.78, 5) is 0. The molecular weight excluding hydrogens is 230 g/mol. The van der Waals surface area contributed by atoms with Crippen molar-refractivity contribution in [1.82, 2.24) is 0 Å². The second-order valence-electron chi connectivity index (χ2n) is 5.09. The Labute approximate surface area is 115 Å². The average molecular weight is 249 g/mol. The Morgan fingerprint density at radius 2 is 1.79 bits per heavy atom. The van der Waals surface area contributed by atoms with Crippen molar-refractivity contribution in [3.05, 3.63) is 65.8 Å². The first kappa shape index (κ1) is 10.7. The molecule has 0 aliphatic rings. The van der Waals surface area contributed by atoms with Gasteiger partial charge in [-0.15, -0.1) is 0 Å². The third kappa shape index (κ3) is 2.01. The maximum atomic E-state index is 8.18. The fourth-order valence-corrected chi connectivity index (χ4v) is 2.57. The molecule has 1 nitrogen and oxygen atoms in total. The van der Waals surface area contributed by atoms with Gasteiger partial charge >= 0.3 is 0 Å². The minimum absolute atomic E-state index is 0.527. The summed E-state index contributed by atoms with van der Waals surface area (Å²) in [5, 5.41) is 2.31. The number of aryl methyl sites for hydroxylation is 2. The molecule has 1 aromatic heterocycles. The Bertz CT molecular complexity index is 806. The maximum Gasteiger partial charge on any atom is 0.220 e. The second-order valence-corrected chi connectivity index (χ2v) is 5.09. The van der Waals surface area contributed by atoms with Crippen LogP contribution in [0.5, 0.6) is 0 Å². The molecule has 1 heteroatoms. The highest BCUT2D eigenvalue weighted by molar-refractivity contribution is 5.93. The highest BCUT2D eigenvalue weighted by Gasteiger charge is 2.16. The van der Waals surface area contributed by atoms with E-state index in [9.17, 15) is 0 Å². The molecule has 3 aromatic rings. The molecule has 0 amide bonds. The maximum absolute atomic E-state index is 8.18. The van der Waals surface area contributed by atoms with Crippen LogP contribution in [0.25, 0.3) is 22.0 Å². The first-order valence-electron chi connectivity index (χ1n) is 7.04. The smallest absolute Gasteiger partial charge is 0.200 e. The minimum atomic E-state index is 0.527. The van der Waals surface area contributed by atoms with E-state index in [1.807, 2.05) is 23.7 Å². The summed E-state index contributed by atoms with van der Waals surface area (Å²) in [7, 11) is 1.96. The Hall–Kier alpha value is -2.15. The fraction of sp³-hybridized carbons (Fsp3) is 0.167. The Morgan fingerprint density at radius 3 is 2.63 bits per heavy atom. The standard InChI is InChI=1S/C18H18N/c1-13-8-9-14(2)17(12-13)18-16-7-5-4-6-15(16)10-11-19(18)3/h4-12H,1-3H3/q+1/i11D. The van der Waals surface area contributed by atoms with Crippen LogP contribution in [-0.4, -0.2) is 0 Å². The van der Waals surface area contributed by atoms with Crippen molar-refractivity contribution in [2.24, 2.45) is 7.05 Å². The van der Waals surface area contributed by atoms with Crippen molar-refractivity contribution in [2.75, 3.05) is 0 Å².